The number of methoxy groups -OCH3 is 1. The highest BCUT2D eigenvalue weighted by Gasteiger charge is 2.70. The van der Waals surface area contributed by atoms with Crippen molar-refractivity contribution in [2.24, 2.45) is 11.8 Å². The molecule has 6 heteroatoms. The van der Waals surface area contributed by atoms with E-state index in [9.17, 15) is 15.3 Å². The molecule has 0 amide bonds. The van der Waals surface area contributed by atoms with Crippen LogP contribution in [0.3, 0.4) is 0 Å². The number of aliphatic hydroxyl groups excluding tert-OH is 3. The Morgan fingerprint density at radius 1 is 1.36 bits per heavy atom. The highest BCUT2D eigenvalue weighted by Crippen LogP contribution is 2.52. The van der Waals surface area contributed by atoms with E-state index in [1.807, 2.05) is 0 Å². The second-order valence-corrected chi connectivity index (χ2v) is 3.77. The van der Waals surface area contributed by atoms with E-state index in [1.54, 1.807) is 0 Å². The molecule has 2 fully saturated rings. The van der Waals surface area contributed by atoms with Crippen molar-refractivity contribution in [3.8, 4) is 0 Å². The van der Waals surface area contributed by atoms with Gasteiger partial charge in [-0.05, 0) is 0 Å². The van der Waals surface area contributed by atoms with Gasteiger partial charge in [-0.15, -0.1) is 0 Å². The average Bonchev–Trinajstić information content (AvgIpc) is 2.26. The van der Waals surface area contributed by atoms with Gasteiger partial charge in [0.25, 0.3) is 0 Å². The summed E-state index contributed by atoms with van der Waals surface area (Å²) in [5.41, 5.74) is 0. The van der Waals surface area contributed by atoms with Crippen molar-refractivity contribution in [1.29, 1.82) is 0 Å². The maximum absolute atomic E-state index is 9.87. The molecule has 4 N–H and O–H groups in total. The largest absolute Gasteiger partial charge is 0.396 e. The molecule has 1 saturated heterocycles. The van der Waals surface area contributed by atoms with Crippen LogP contribution in [0.5, 0.6) is 0 Å². The minimum Gasteiger partial charge on any atom is -0.396 e. The molecule has 82 valence electrons. The Kier molecular flexibility index (Phi) is 2.30. The molecule has 14 heavy (non-hydrogen) atoms. The van der Waals surface area contributed by atoms with Crippen LogP contribution in [0, 0.1) is 11.8 Å². The van der Waals surface area contributed by atoms with Gasteiger partial charge < -0.3 is 29.9 Å². The Hall–Kier alpha value is -0.240. The molecule has 0 aromatic carbocycles. The fourth-order valence-corrected chi connectivity index (χ4v) is 2.33. The monoisotopic (exact) mass is 206 g/mol. The molecule has 0 aromatic heterocycles. The average molecular weight is 206 g/mol. The van der Waals surface area contributed by atoms with Crippen LogP contribution in [-0.4, -0.2) is 58.4 Å². The third-order valence-corrected chi connectivity index (χ3v) is 3.17. The van der Waals surface area contributed by atoms with Crippen molar-refractivity contribution < 1.29 is 29.9 Å². The molecule has 2 aliphatic rings. The molecule has 6 atom stereocenters. The normalized spacial score (nSPS) is 56.8. The minimum atomic E-state index is -1.66. The number of fused-ring (bicyclic) bond motifs is 1. The topological polar surface area (TPSA) is 99.4 Å². The zero-order valence-electron chi connectivity index (χ0n) is 7.70. The van der Waals surface area contributed by atoms with Crippen molar-refractivity contribution >= 4 is 0 Å². The lowest BCUT2D eigenvalue weighted by molar-refractivity contribution is -0.434. The van der Waals surface area contributed by atoms with Gasteiger partial charge in [-0.1, -0.05) is 0 Å². The number of hydrogen-bond donors (Lipinski definition) is 4. The van der Waals surface area contributed by atoms with Crippen LogP contribution in [0.2, 0.25) is 0 Å². The fourth-order valence-electron chi connectivity index (χ4n) is 2.33. The van der Waals surface area contributed by atoms with Crippen LogP contribution in [0.25, 0.3) is 0 Å². The smallest absolute Gasteiger partial charge is 0.186 e. The molecule has 0 spiro atoms. The molecule has 1 aliphatic carbocycles. The standard InChI is InChI=1S/C8H14O6/c1-13-7-4-6(11)5(10)3(2-9)8(4,12)14-7/h3-7,9-12H,2H2,1H3/t3?,4?,5-,6-,7-,8?/m1/s1. The van der Waals surface area contributed by atoms with Crippen LogP contribution in [0.1, 0.15) is 0 Å². The van der Waals surface area contributed by atoms with Crippen molar-refractivity contribution in [1.82, 2.24) is 0 Å². The van der Waals surface area contributed by atoms with Gasteiger partial charge in [0.2, 0.25) is 0 Å². The molecule has 0 aromatic rings. The Bertz CT molecular complexity index is 234. The first-order chi connectivity index (χ1) is 6.56. The molecular formula is C8H14O6. The predicted molar refractivity (Wildman–Crippen MR) is 42.9 cm³/mol. The highest BCUT2D eigenvalue weighted by atomic mass is 16.8. The zero-order chi connectivity index (χ0) is 10.5. The van der Waals surface area contributed by atoms with Crippen molar-refractivity contribution in [2.75, 3.05) is 13.7 Å². The van der Waals surface area contributed by atoms with E-state index in [1.165, 1.54) is 7.11 Å². The first-order valence-corrected chi connectivity index (χ1v) is 4.46. The van der Waals surface area contributed by atoms with Crippen LogP contribution in [0.15, 0.2) is 0 Å². The summed E-state index contributed by atoms with van der Waals surface area (Å²) < 4.78 is 9.84. The molecule has 0 radical (unpaired) electrons. The second kappa shape index (κ2) is 3.13. The lowest BCUT2D eigenvalue weighted by Gasteiger charge is -2.48. The van der Waals surface area contributed by atoms with Gasteiger partial charge in [0, 0.05) is 7.11 Å². The van der Waals surface area contributed by atoms with E-state index in [-0.39, 0.29) is 0 Å². The number of ether oxygens (including phenoxy) is 2. The van der Waals surface area contributed by atoms with Crippen LogP contribution < -0.4 is 0 Å². The van der Waals surface area contributed by atoms with E-state index < -0.39 is 42.7 Å². The second-order valence-electron chi connectivity index (χ2n) is 3.77. The summed E-state index contributed by atoms with van der Waals surface area (Å²) >= 11 is 0. The van der Waals surface area contributed by atoms with Crippen molar-refractivity contribution in [3.05, 3.63) is 0 Å². The van der Waals surface area contributed by atoms with Gasteiger partial charge in [-0.2, -0.15) is 0 Å². The molecule has 1 saturated carbocycles. The molecule has 2 rings (SSSR count). The summed E-state index contributed by atoms with van der Waals surface area (Å²) in [7, 11) is 1.38. The third kappa shape index (κ3) is 1.01. The Morgan fingerprint density at radius 2 is 2.00 bits per heavy atom. The molecule has 1 aliphatic heterocycles. The SMILES string of the molecule is CO[C@@H]1OC2(O)C(CO)[C@@H](O)[C@H](O)C12. The third-order valence-electron chi connectivity index (χ3n) is 3.17. The number of hydrogen-bond acceptors (Lipinski definition) is 6. The quantitative estimate of drug-likeness (QED) is 0.403. The van der Waals surface area contributed by atoms with Gasteiger partial charge in [-0.3, -0.25) is 0 Å². The summed E-state index contributed by atoms with van der Waals surface area (Å²) in [6.07, 6.45) is -3.04. The fraction of sp³-hybridized carbons (Fsp3) is 1.00. The summed E-state index contributed by atoms with van der Waals surface area (Å²) in [5.74, 6) is -3.23. The van der Waals surface area contributed by atoms with E-state index >= 15 is 0 Å². The van der Waals surface area contributed by atoms with Crippen molar-refractivity contribution in [2.45, 2.75) is 24.3 Å². The first kappa shape index (κ1) is 10.3. The van der Waals surface area contributed by atoms with E-state index in [0.717, 1.165) is 0 Å². The minimum absolute atomic E-state index is 0.443. The van der Waals surface area contributed by atoms with Crippen LogP contribution in [0.4, 0.5) is 0 Å². The van der Waals surface area contributed by atoms with E-state index in [0.29, 0.717) is 0 Å². The van der Waals surface area contributed by atoms with Gasteiger partial charge in [0.15, 0.2) is 12.1 Å². The predicted octanol–water partition coefficient (Wildman–Crippen LogP) is -2.36. The van der Waals surface area contributed by atoms with Gasteiger partial charge in [0.1, 0.15) is 0 Å². The lowest BCUT2D eigenvalue weighted by atomic mass is 9.89. The van der Waals surface area contributed by atoms with E-state index in [2.05, 4.69) is 0 Å². The van der Waals surface area contributed by atoms with E-state index in [4.69, 9.17) is 14.6 Å². The van der Waals surface area contributed by atoms with Crippen molar-refractivity contribution in [3.63, 3.8) is 0 Å². The Morgan fingerprint density at radius 3 is 2.50 bits per heavy atom. The lowest BCUT2D eigenvalue weighted by Crippen LogP contribution is -2.63. The van der Waals surface area contributed by atoms with Crippen LogP contribution in [-0.2, 0) is 9.47 Å². The molecule has 0 bridgehead atoms. The summed E-state index contributed by atoms with van der Waals surface area (Å²) in [6, 6.07) is 0. The molecule has 3 unspecified atom stereocenters. The van der Waals surface area contributed by atoms with Gasteiger partial charge >= 0.3 is 0 Å². The number of rotatable bonds is 2. The maximum Gasteiger partial charge on any atom is 0.186 e. The summed E-state index contributed by atoms with van der Waals surface area (Å²) in [4.78, 5) is 0. The Balaban J connectivity index is 2.22. The zero-order valence-corrected chi connectivity index (χ0v) is 7.70. The maximum atomic E-state index is 9.87. The summed E-state index contributed by atoms with van der Waals surface area (Å²) in [6.45, 7) is -0.443. The molecule has 1 heterocycles. The van der Waals surface area contributed by atoms with Gasteiger partial charge in [-0.25, -0.2) is 0 Å². The first-order valence-electron chi connectivity index (χ1n) is 4.46. The van der Waals surface area contributed by atoms with Gasteiger partial charge in [0.05, 0.1) is 30.7 Å². The number of aliphatic hydroxyl groups is 4. The van der Waals surface area contributed by atoms with Crippen LogP contribution >= 0.6 is 0 Å². The molecule has 6 nitrogen and oxygen atoms in total. The highest BCUT2D eigenvalue weighted by molar-refractivity contribution is 5.09. The molecular weight excluding hydrogens is 192 g/mol. The Labute approximate surface area is 80.7 Å². The summed E-state index contributed by atoms with van der Waals surface area (Å²) in [5, 5.41) is 37.9.